The maximum atomic E-state index is 13.0. The molecule has 0 aliphatic carbocycles. The third kappa shape index (κ3) is 4.94. The normalized spacial score (nSPS) is 18.3. The van der Waals surface area contributed by atoms with Gasteiger partial charge in [0.25, 0.3) is 5.91 Å². The third-order valence-corrected chi connectivity index (χ3v) is 6.20. The Labute approximate surface area is 180 Å². The van der Waals surface area contributed by atoms with Gasteiger partial charge in [0.05, 0.1) is 25.0 Å². The highest BCUT2D eigenvalue weighted by Gasteiger charge is 2.41. The van der Waals surface area contributed by atoms with Crippen LogP contribution in [0.4, 0.5) is 0 Å². The third-order valence-electron chi connectivity index (χ3n) is 5.34. The lowest BCUT2D eigenvalue weighted by Gasteiger charge is -2.21. The molecule has 2 heterocycles. The van der Waals surface area contributed by atoms with Gasteiger partial charge in [0.15, 0.2) is 0 Å². The zero-order chi connectivity index (χ0) is 21.5. The number of rotatable bonds is 9. The summed E-state index contributed by atoms with van der Waals surface area (Å²) in [6.07, 6.45) is 0.739. The first-order valence-corrected chi connectivity index (χ1v) is 10.8. The second kappa shape index (κ2) is 10.4. The highest BCUT2D eigenvalue weighted by atomic mass is 32.1. The molecule has 1 aliphatic rings. The van der Waals surface area contributed by atoms with E-state index in [0.29, 0.717) is 42.6 Å². The molecule has 7 nitrogen and oxygen atoms in total. The van der Waals surface area contributed by atoms with Gasteiger partial charge >= 0.3 is 0 Å². The Balaban J connectivity index is 1.85. The highest BCUT2D eigenvalue weighted by Crippen LogP contribution is 2.40. The summed E-state index contributed by atoms with van der Waals surface area (Å²) in [7, 11) is 4.84. The fourth-order valence-corrected chi connectivity index (χ4v) is 4.48. The minimum Gasteiger partial charge on any atom is -0.497 e. The largest absolute Gasteiger partial charge is 0.497 e. The van der Waals surface area contributed by atoms with Crippen molar-refractivity contribution in [3.63, 3.8) is 0 Å². The van der Waals surface area contributed by atoms with Gasteiger partial charge in [-0.15, -0.1) is 11.3 Å². The number of benzene rings is 1. The van der Waals surface area contributed by atoms with Crippen LogP contribution in [0.15, 0.2) is 35.7 Å². The first-order chi connectivity index (χ1) is 14.6. The summed E-state index contributed by atoms with van der Waals surface area (Å²) in [5.41, 5.74) is 0.900. The van der Waals surface area contributed by atoms with Gasteiger partial charge in [-0.25, -0.2) is 0 Å². The summed E-state index contributed by atoms with van der Waals surface area (Å²) in [4.78, 5) is 28.4. The number of carbonyl (C=O) groups excluding carboxylic acids is 2. The van der Waals surface area contributed by atoms with E-state index < -0.39 is 0 Å². The Kier molecular flexibility index (Phi) is 7.70. The van der Waals surface area contributed by atoms with Gasteiger partial charge in [0.2, 0.25) is 5.91 Å². The van der Waals surface area contributed by atoms with Crippen molar-refractivity contribution >= 4 is 23.2 Å². The number of amides is 2. The number of thiophene rings is 1. The number of hydrogen-bond acceptors (Lipinski definition) is 6. The number of carbonyl (C=O) groups is 2. The van der Waals surface area contributed by atoms with Crippen LogP contribution < -0.4 is 14.8 Å². The van der Waals surface area contributed by atoms with E-state index in [1.54, 1.807) is 26.2 Å². The van der Waals surface area contributed by atoms with Crippen LogP contribution >= 0.6 is 11.3 Å². The average molecular weight is 433 g/mol. The Morgan fingerprint density at radius 3 is 2.67 bits per heavy atom. The molecule has 2 amide bonds. The van der Waals surface area contributed by atoms with Crippen molar-refractivity contribution in [2.45, 2.75) is 12.3 Å². The lowest BCUT2D eigenvalue weighted by atomic mass is 9.87. The lowest BCUT2D eigenvalue weighted by Crippen LogP contribution is -2.36. The van der Waals surface area contributed by atoms with E-state index in [4.69, 9.17) is 14.2 Å². The van der Waals surface area contributed by atoms with E-state index in [1.165, 1.54) is 11.3 Å². The van der Waals surface area contributed by atoms with Crippen molar-refractivity contribution in [1.29, 1.82) is 0 Å². The quantitative estimate of drug-likeness (QED) is 0.617. The van der Waals surface area contributed by atoms with Crippen molar-refractivity contribution in [2.75, 3.05) is 47.6 Å². The predicted molar refractivity (Wildman–Crippen MR) is 116 cm³/mol. The molecule has 3 rings (SSSR count). The molecule has 1 saturated heterocycles. The molecule has 2 aromatic rings. The molecule has 2 atom stereocenters. The Morgan fingerprint density at radius 2 is 2.00 bits per heavy atom. The van der Waals surface area contributed by atoms with Crippen LogP contribution in [0.25, 0.3) is 0 Å². The molecule has 1 fully saturated rings. The van der Waals surface area contributed by atoms with Crippen LogP contribution in [-0.4, -0.2) is 64.3 Å². The highest BCUT2D eigenvalue weighted by molar-refractivity contribution is 7.12. The SMILES string of the molecule is COCCCNC(=O)C1CN(C(=O)c2cccs2)CC1c1ccc(OC)cc1OC. The molecule has 0 radical (unpaired) electrons. The second-order valence-corrected chi connectivity index (χ2v) is 8.09. The molecule has 1 aromatic heterocycles. The molecule has 8 heteroatoms. The first kappa shape index (κ1) is 22.1. The number of likely N-dealkylation sites (tertiary alicyclic amines) is 1. The van der Waals surface area contributed by atoms with E-state index >= 15 is 0 Å². The van der Waals surface area contributed by atoms with Crippen LogP contribution in [0.5, 0.6) is 11.5 Å². The van der Waals surface area contributed by atoms with Gasteiger partial charge in [-0.05, 0) is 23.9 Å². The molecule has 0 bridgehead atoms. The molecule has 30 heavy (non-hydrogen) atoms. The number of methoxy groups -OCH3 is 3. The summed E-state index contributed by atoms with van der Waals surface area (Å²) in [6.45, 7) is 1.94. The van der Waals surface area contributed by atoms with Crippen LogP contribution in [0.2, 0.25) is 0 Å². The van der Waals surface area contributed by atoms with E-state index in [0.717, 1.165) is 12.0 Å². The first-order valence-electron chi connectivity index (χ1n) is 9.90. The fourth-order valence-electron chi connectivity index (χ4n) is 3.79. The maximum Gasteiger partial charge on any atom is 0.263 e. The average Bonchev–Trinajstić information content (AvgIpc) is 3.46. The fraction of sp³-hybridized carbons (Fsp3) is 0.455. The summed E-state index contributed by atoms with van der Waals surface area (Å²) < 4.78 is 15.9. The van der Waals surface area contributed by atoms with Crippen LogP contribution in [-0.2, 0) is 9.53 Å². The molecule has 0 spiro atoms. The van der Waals surface area contributed by atoms with Crippen LogP contribution in [0, 0.1) is 5.92 Å². The summed E-state index contributed by atoms with van der Waals surface area (Å²) in [5, 5.41) is 4.88. The molecule has 0 saturated carbocycles. The van der Waals surface area contributed by atoms with E-state index in [1.807, 2.05) is 35.7 Å². The minimum atomic E-state index is -0.362. The number of ether oxygens (including phenoxy) is 3. The standard InChI is InChI=1S/C22H28N2O5S/c1-27-10-5-9-23-21(25)18-14-24(22(26)20-6-4-11-30-20)13-17(18)16-8-7-15(28-2)12-19(16)29-3/h4,6-8,11-12,17-18H,5,9-10,13-14H2,1-3H3,(H,23,25). The number of hydrogen-bond donors (Lipinski definition) is 1. The van der Waals surface area contributed by atoms with Gasteiger partial charge in [0, 0.05) is 50.9 Å². The van der Waals surface area contributed by atoms with Crippen LogP contribution in [0.3, 0.4) is 0 Å². The van der Waals surface area contributed by atoms with E-state index in [-0.39, 0.29) is 23.7 Å². The van der Waals surface area contributed by atoms with Gasteiger partial charge in [-0.2, -0.15) is 0 Å². The molecular weight excluding hydrogens is 404 g/mol. The molecular formula is C22H28N2O5S. The second-order valence-electron chi connectivity index (χ2n) is 7.15. The van der Waals surface area contributed by atoms with Crippen molar-refractivity contribution in [3.05, 3.63) is 46.2 Å². The Hall–Kier alpha value is -2.58. The molecule has 1 aliphatic heterocycles. The van der Waals surface area contributed by atoms with E-state index in [2.05, 4.69) is 5.32 Å². The zero-order valence-electron chi connectivity index (χ0n) is 17.6. The van der Waals surface area contributed by atoms with Gasteiger partial charge in [-0.3, -0.25) is 9.59 Å². The molecule has 1 N–H and O–H groups in total. The van der Waals surface area contributed by atoms with Crippen molar-refractivity contribution in [1.82, 2.24) is 10.2 Å². The van der Waals surface area contributed by atoms with Gasteiger partial charge < -0.3 is 24.4 Å². The van der Waals surface area contributed by atoms with Crippen molar-refractivity contribution in [3.8, 4) is 11.5 Å². The predicted octanol–water partition coefficient (Wildman–Crippen LogP) is 2.77. The zero-order valence-corrected chi connectivity index (χ0v) is 18.4. The monoisotopic (exact) mass is 432 g/mol. The maximum absolute atomic E-state index is 13.0. The summed E-state index contributed by atoms with van der Waals surface area (Å²) >= 11 is 1.41. The van der Waals surface area contributed by atoms with Crippen molar-refractivity contribution in [2.24, 2.45) is 5.92 Å². The molecule has 2 unspecified atom stereocenters. The smallest absolute Gasteiger partial charge is 0.263 e. The molecule has 162 valence electrons. The number of nitrogens with one attached hydrogen (secondary N) is 1. The van der Waals surface area contributed by atoms with E-state index in [9.17, 15) is 9.59 Å². The number of nitrogens with zero attached hydrogens (tertiary/aromatic N) is 1. The van der Waals surface area contributed by atoms with Gasteiger partial charge in [0.1, 0.15) is 11.5 Å². The van der Waals surface area contributed by atoms with Crippen molar-refractivity contribution < 1.29 is 23.8 Å². The van der Waals surface area contributed by atoms with Gasteiger partial charge in [-0.1, -0.05) is 12.1 Å². The molecule has 1 aromatic carbocycles. The summed E-state index contributed by atoms with van der Waals surface area (Å²) in [6, 6.07) is 9.26. The Bertz CT molecular complexity index is 855. The topological polar surface area (TPSA) is 77.1 Å². The Morgan fingerprint density at radius 1 is 1.17 bits per heavy atom. The minimum absolute atomic E-state index is 0.0443. The van der Waals surface area contributed by atoms with Crippen LogP contribution in [0.1, 0.15) is 27.6 Å². The summed E-state index contributed by atoms with van der Waals surface area (Å²) in [5.74, 6) is 0.700. The lowest BCUT2D eigenvalue weighted by molar-refractivity contribution is -0.124.